The quantitative estimate of drug-likeness (QED) is 0.725. The molecule has 0 aliphatic heterocycles. The third-order valence-corrected chi connectivity index (χ3v) is 4.36. The van der Waals surface area contributed by atoms with E-state index in [9.17, 15) is 0 Å². The van der Waals surface area contributed by atoms with E-state index < -0.39 is 0 Å². The minimum Gasteiger partial charge on any atom is -0.311 e. The molecule has 1 N–H and O–H groups in total. The molecule has 1 rings (SSSR count). The van der Waals surface area contributed by atoms with Gasteiger partial charge in [0.2, 0.25) is 0 Å². The summed E-state index contributed by atoms with van der Waals surface area (Å²) in [7, 11) is 0. The number of hydrogen-bond acceptors (Lipinski definition) is 1. The van der Waals surface area contributed by atoms with Gasteiger partial charge >= 0.3 is 0 Å². The number of rotatable bonds is 5. The maximum absolute atomic E-state index is 3.83. The molecule has 0 heterocycles. The molecule has 90 valence electrons. The molecular formula is C14H29N. The molecule has 15 heavy (non-hydrogen) atoms. The Labute approximate surface area is 96.0 Å². The van der Waals surface area contributed by atoms with Gasteiger partial charge in [-0.1, -0.05) is 46.5 Å². The first-order valence-corrected chi connectivity index (χ1v) is 6.93. The summed E-state index contributed by atoms with van der Waals surface area (Å²) in [6.45, 7) is 9.34. The first-order chi connectivity index (χ1) is 7.17. The van der Waals surface area contributed by atoms with E-state index in [0.29, 0.717) is 6.04 Å². The lowest BCUT2D eigenvalue weighted by molar-refractivity contribution is 0.244. The van der Waals surface area contributed by atoms with E-state index in [1.807, 2.05) is 0 Å². The van der Waals surface area contributed by atoms with Crippen molar-refractivity contribution in [2.24, 2.45) is 11.8 Å². The molecule has 0 aromatic rings. The molecule has 0 aromatic carbocycles. The summed E-state index contributed by atoms with van der Waals surface area (Å²) < 4.78 is 0. The average Bonchev–Trinajstić information content (AvgIpc) is 2.28. The molecule has 1 aliphatic rings. The Bertz CT molecular complexity index is 167. The van der Waals surface area contributed by atoms with Gasteiger partial charge in [-0.3, -0.25) is 0 Å². The van der Waals surface area contributed by atoms with Crippen LogP contribution in [0.3, 0.4) is 0 Å². The SMILES string of the molecule is CCC1CCCC(NC(C)C(C)CC)C1. The van der Waals surface area contributed by atoms with Gasteiger partial charge in [-0.15, -0.1) is 0 Å². The molecule has 0 bridgehead atoms. The molecule has 0 spiro atoms. The Hall–Kier alpha value is -0.0400. The lowest BCUT2D eigenvalue weighted by Gasteiger charge is -2.33. The molecule has 0 aromatic heterocycles. The summed E-state index contributed by atoms with van der Waals surface area (Å²) in [4.78, 5) is 0. The fourth-order valence-corrected chi connectivity index (χ4v) is 2.70. The molecule has 4 atom stereocenters. The Kier molecular flexibility index (Phi) is 5.66. The summed E-state index contributed by atoms with van der Waals surface area (Å²) in [6, 6.07) is 1.49. The fourth-order valence-electron chi connectivity index (χ4n) is 2.70. The Morgan fingerprint density at radius 1 is 1.20 bits per heavy atom. The number of nitrogens with one attached hydrogen (secondary N) is 1. The maximum Gasteiger partial charge on any atom is 0.00722 e. The van der Waals surface area contributed by atoms with E-state index >= 15 is 0 Å². The second kappa shape index (κ2) is 6.52. The third-order valence-electron chi connectivity index (χ3n) is 4.36. The van der Waals surface area contributed by atoms with Gasteiger partial charge in [0.05, 0.1) is 0 Å². The van der Waals surface area contributed by atoms with Crippen LogP contribution in [0.2, 0.25) is 0 Å². The van der Waals surface area contributed by atoms with Crippen molar-refractivity contribution < 1.29 is 0 Å². The van der Waals surface area contributed by atoms with Crippen molar-refractivity contribution >= 4 is 0 Å². The lowest BCUT2D eigenvalue weighted by atomic mass is 9.83. The van der Waals surface area contributed by atoms with Crippen molar-refractivity contribution in [2.75, 3.05) is 0 Å². The Balaban J connectivity index is 2.31. The molecular weight excluding hydrogens is 182 g/mol. The van der Waals surface area contributed by atoms with Gasteiger partial charge in [0.1, 0.15) is 0 Å². The highest BCUT2D eigenvalue weighted by molar-refractivity contribution is 4.80. The van der Waals surface area contributed by atoms with Crippen LogP contribution in [-0.4, -0.2) is 12.1 Å². The van der Waals surface area contributed by atoms with Crippen molar-refractivity contribution in [1.82, 2.24) is 5.32 Å². The topological polar surface area (TPSA) is 12.0 Å². The van der Waals surface area contributed by atoms with E-state index in [4.69, 9.17) is 0 Å². The van der Waals surface area contributed by atoms with Gasteiger partial charge in [0.15, 0.2) is 0 Å². The van der Waals surface area contributed by atoms with Crippen LogP contribution in [0.15, 0.2) is 0 Å². The predicted octanol–water partition coefficient (Wildman–Crippen LogP) is 3.98. The van der Waals surface area contributed by atoms with Crippen LogP contribution in [0.25, 0.3) is 0 Å². The highest BCUT2D eigenvalue weighted by atomic mass is 14.9. The van der Waals surface area contributed by atoms with Crippen LogP contribution >= 0.6 is 0 Å². The molecule has 1 nitrogen and oxygen atoms in total. The van der Waals surface area contributed by atoms with Gasteiger partial charge < -0.3 is 5.32 Å². The van der Waals surface area contributed by atoms with E-state index in [0.717, 1.165) is 17.9 Å². The molecule has 4 unspecified atom stereocenters. The molecule has 1 heteroatoms. The van der Waals surface area contributed by atoms with Gasteiger partial charge in [-0.25, -0.2) is 0 Å². The van der Waals surface area contributed by atoms with Crippen molar-refractivity contribution in [2.45, 2.75) is 78.3 Å². The summed E-state index contributed by atoms with van der Waals surface area (Å²) >= 11 is 0. The zero-order valence-corrected chi connectivity index (χ0v) is 11.1. The van der Waals surface area contributed by atoms with E-state index in [1.54, 1.807) is 0 Å². The van der Waals surface area contributed by atoms with E-state index in [2.05, 4.69) is 33.0 Å². The second-order valence-corrected chi connectivity index (χ2v) is 5.48. The van der Waals surface area contributed by atoms with Crippen molar-refractivity contribution in [1.29, 1.82) is 0 Å². The van der Waals surface area contributed by atoms with Crippen LogP contribution < -0.4 is 5.32 Å². The molecule has 1 fully saturated rings. The fraction of sp³-hybridized carbons (Fsp3) is 1.00. The summed E-state index contributed by atoms with van der Waals surface area (Å²) in [5.41, 5.74) is 0. The van der Waals surface area contributed by atoms with Crippen LogP contribution in [0, 0.1) is 11.8 Å². The van der Waals surface area contributed by atoms with Crippen molar-refractivity contribution in [3.63, 3.8) is 0 Å². The minimum absolute atomic E-state index is 0.690. The first-order valence-electron chi connectivity index (χ1n) is 6.93. The molecule has 1 aliphatic carbocycles. The van der Waals surface area contributed by atoms with Crippen LogP contribution in [-0.2, 0) is 0 Å². The second-order valence-electron chi connectivity index (χ2n) is 5.48. The highest BCUT2D eigenvalue weighted by Crippen LogP contribution is 2.27. The van der Waals surface area contributed by atoms with Crippen LogP contribution in [0.4, 0.5) is 0 Å². The largest absolute Gasteiger partial charge is 0.311 e. The maximum atomic E-state index is 3.83. The van der Waals surface area contributed by atoms with Gasteiger partial charge in [-0.2, -0.15) is 0 Å². The summed E-state index contributed by atoms with van der Waals surface area (Å²) in [5, 5.41) is 3.83. The van der Waals surface area contributed by atoms with E-state index in [-0.39, 0.29) is 0 Å². The lowest BCUT2D eigenvalue weighted by Crippen LogP contribution is -2.42. The van der Waals surface area contributed by atoms with E-state index in [1.165, 1.54) is 38.5 Å². The highest BCUT2D eigenvalue weighted by Gasteiger charge is 2.22. The molecule has 1 saturated carbocycles. The standard InChI is InChI=1S/C14H29N/c1-5-11(3)12(4)15-14-9-7-8-13(6-2)10-14/h11-15H,5-10H2,1-4H3. The van der Waals surface area contributed by atoms with Gasteiger partial charge in [0, 0.05) is 12.1 Å². The van der Waals surface area contributed by atoms with Crippen LogP contribution in [0.1, 0.15) is 66.2 Å². The van der Waals surface area contributed by atoms with Crippen molar-refractivity contribution in [3.05, 3.63) is 0 Å². The van der Waals surface area contributed by atoms with Crippen LogP contribution in [0.5, 0.6) is 0 Å². The smallest absolute Gasteiger partial charge is 0.00722 e. The first kappa shape index (κ1) is 13.0. The molecule has 0 amide bonds. The molecule has 0 saturated heterocycles. The Morgan fingerprint density at radius 3 is 2.53 bits per heavy atom. The predicted molar refractivity (Wildman–Crippen MR) is 68.1 cm³/mol. The monoisotopic (exact) mass is 211 g/mol. The third kappa shape index (κ3) is 4.14. The molecule has 0 radical (unpaired) electrons. The number of hydrogen-bond donors (Lipinski definition) is 1. The van der Waals surface area contributed by atoms with Gasteiger partial charge in [-0.05, 0) is 31.6 Å². The minimum atomic E-state index is 0.690. The zero-order chi connectivity index (χ0) is 11.3. The zero-order valence-electron chi connectivity index (χ0n) is 11.1. The summed E-state index contributed by atoms with van der Waals surface area (Å²) in [6.07, 6.45) is 8.37. The van der Waals surface area contributed by atoms with Gasteiger partial charge in [0.25, 0.3) is 0 Å². The Morgan fingerprint density at radius 2 is 1.93 bits per heavy atom. The van der Waals surface area contributed by atoms with Crippen molar-refractivity contribution in [3.8, 4) is 0 Å². The summed E-state index contributed by atoms with van der Waals surface area (Å²) in [5.74, 6) is 1.80. The average molecular weight is 211 g/mol. The normalized spacial score (nSPS) is 31.2.